The van der Waals surface area contributed by atoms with E-state index in [2.05, 4.69) is 125 Å². The van der Waals surface area contributed by atoms with Gasteiger partial charge in [0.2, 0.25) is 0 Å². The zero-order valence-electron chi connectivity index (χ0n) is 24.4. The van der Waals surface area contributed by atoms with Gasteiger partial charge in [-0.2, -0.15) is 4.40 Å². The Balaban J connectivity index is 1.84. The Morgan fingerprint density at radius 2 is 1.55 bits per heavy atom. The minimum Gasteiger partial charge on any atom is -0.264 e. The number of fused-ring (bicyclic) bond motifs is 3. The molecule has 196 valence electrons. The second-order valence-corrected chi connectivity index (χ2v) is 13.1. The van der Waals surface area contributed by atoms with Crippen LogP contribution >= 0.6 is 0 Å². The molecule has 0 saturated heterocycles. The third-order valence-corrected chi connectivity index (χ3v) is 9.71. The summed E-state index contributed by atoms with van der Waals surface area (Å²) in [6, 6.07) is 15.9. The van der Waals surface area contributed by atoms with E-state index in [-0.39, 0.29) is 11.0 Å². The van der Waals surface area contributed by atoms with Crippen LogP contribution in [0.15, 0.2) is 61.1 Å². The lowest BCUT2D eigenvalue weighted by Crippen LogP contribution is -2.63. The van der Waals surface area contributed by atoms with Crippen LogP contribution < -0.4 is 4.57 Å². The van der Waals surface area contributed by atoms with Gasteiger partial charge in [0.25, 0.3) is 5.65 Å². The van der Waals surface area contributed by atoms with Crippen LogP contribution in [0, 0.1) is 11.8 Å². The number of rotatable bonds is 6. The van der Waals surface area contributed by atoms with Gasteiger partial charge in [0.1, 0.15) is 17.3 Å². The number of pyridine rings is 2. The molecule has 0 saturated carbocycles. The van der Waals surface area contributed by atoms with Crippen molar-refractivity contribution in [2.75, 3.05) is 0 Å². The molecule has 3 heteroatoms. The Bertz CT molecular complexity index is 1700. The maximum absolute atomic E-state index is 4.78. The molecule has 3 nitrogen and oxygen atoms in total. The Hall–Kier alpha value is -3.20. The van der Waals surface area contributed by atoms with Gasteiger partial charge < -0.3 is 0 Å². The minimum absolute atomic E-state index is 0.0374. The van der Waals surface area contributed by atoms with E-state index in [0.717, 1.165) is 12.8 Å². The van der Waals surface area contributed by atoms with Crippen LogP contribution in [-0.4, -0.2) is 9.38 Å². The highest BCUT2D eigenvalue weighted by atomic mass is 15.2. The van der Waals surface area contributed by atoms with Crippen molar-refractivity contribution in [1.29, 1.82) is 0 Å². The Morgan fingerprint density at radius 1 is 0.868 bits per heavy atom. The van der Waals surface area contributed by atoms with Crippen molar-refractivity contribution >= 4 is 27.3 Å². The summed E-state index contributed by atoms with van der Waals surface area (Å²) in [7, 11) is 0. The van der Waals surface area contributed by atoms with Crippen LogP contribution in [0.2, 0.25) is 0 Å². The van der Waals surface area contributed by atoms with E-state index in [1.54, 1.807) is 0 Å². The van der Waals surface area contributed by atoms with Gasteiger partial charge in [-0.1, -0.05) is 84.4 Å². The number of hydrogen-bond acceptors (Lipinski definition) is 1. The smallest absolute Gasteiger partial charge is 0.264 e. The first kappa shape index (κ1) is 25.1. The molecular weight excluding hydrogens is 462 g/mol. The Kier molecular flexibility index (Phi) is 5.72. The predicted octanol–water partition coefficient (Wildman–Crippen LogP) is 8.41. The Labute approximate surface area is 227 Å². The monoisotopic (exact) mass is 504 g/mol. The molecule has 5 aromatic rings. The fraction of sp³-hybridized carbons (Fsp3) is 0.429. The zero-order valence-corrected chi connectivity index (χ0v) is 24.4. The highest BCUT2D eigenvalue weighted by Gasteiger charge is 2.51. The summed E-state index contributed by atoms with van der Waals surface area (Å²) in [4.78, 5) is 4.78. The van der Waals surface area contributed by atoms with Crippen LogP contribution in [0.1, 0.15) is 78.5 Å². The number of para-hydroxylation sites is 1. The van der Waals surface area contributed by atoms with Crippen molar-refractivity contribution in [3.8, 4) is 11.3 Å². The molecule has 0 radical (unpaired) electrons. The second-order valence-electron chi connectivity index (χ2n) is 13.1. The molecule has 2 aromatic carbocycles. The molecule has 1 aliphatic rings. The number of hydrogen-bond donors (Lipinski definition) is 0. The van der Waals surface area contributed by atoms with Gasteiger partial charge in [-0.25, -0.2) is 4.57 Å². The fourth-order valence-corrected chi connectivity index (χ4v) is 6.76. The van der Waals surface area contributed by atoms with Crippen LogP contribution in [0.25, 0.3) is 38.6 Å². The molecule has 0 bridgehead atoms. The zero-order chi connectivity index (χ0) is 27.0. The summed E-state index contributed by atoms with van der Waals surface area (Å²) >= 11 is 0. The number of nitrogens with zero attached hydrogens (tertiary/aromatic N) is 3. The molecule has 1 aliphatic heterocycles. The number of benzene rings is 2. The summed E-state index contributed by atoms with van der Waals surface area (Å²) < 4.78 is 5.17. The molecule has 1 atom stereocenters. The topological polar surface area (TPSA) is 21.2 Å². The summed E-state index contributed by atoms with van der Waals surface area (Å²) in [5.41, 5.74) is 9.31. The third kappa shape index (κ3) is 3.40. The first-order chi connectivity index (χ1) is 18.1. The van der Waals surface area contributed by atoms with Crippen LogP contribution in [0.3, 0.4) is 0 Å². The van der Waals surface area contributed by atoms with Crippen molar-refractivity contribution in [1.82, 2.24) is 9.38 Å². The average Bonchev–Trinajstić information content (AvgIpc) is 3.29. The van der Waals surface area contributed by atoms with E-state index in [1.165, 1.54) is 61.7 Å². The van der Waals surface area contributed by atoms with Gasteiger partial charge in [-0.15, -0.1) is 0 Å². The van der Waals surface area contributed by atoms with Gasteiger partial charge in [0.05, 0.1) is 5.39 Å². The summed E-state index contributed by atoms with van der Waals surface area (Å²) in [5, 5.41) is 4.06. The average molecular weight is 505 g/mol. The number of imidazole rings is 1. The maximum Gasteiger partial charge on any atom is 0.296 e. The summed E-state index contributed by atoms with van der Waals surface area (Å²) in [6.45, 7) is 19.0. The van der Waals surface area contributed by atoms with Crippen molar-refractivity contribution in [3.63, 3.8) is 0 Å². The summed E-state index contributed by atoms with van der Waals surface area (Å²) in [5.74, 6) is 1.17. The Morgan fingerprint density at radius 3 is 2.26 bits per heavy atom. The van der Waals surface area contributed by atoms with E-state index in [9.17, 15) is 0 Å². The van der Waals surface area contributed by atoms with E-state index >= 15 is 0 Å². The van der Waals surface area contributed by atoms with Gasteiger partial charge in [-0.3, -0.25) is 4.98 Å². The summed E-state index contributed by atoms with van der Waals surface area (Å²) in [6.07, 6.45) is 9.97. The SMILES string of the molecule is CCC(C)Cc1cncc(CC(C)C)c1-c1c[n+]2c3c4c(cccc4c4ccccc4n13)C(C)(C)C2(C)C. The molecule has 3 aromatic heterocycles. The molecular formula is C35H42N3+. The van der Waals surface area contributed by atoms with Gasteiger partial charge in [0.15, 0.2) is 5.69 Å². The highest BCUT2D eigenvalue weighted by molar-refractivity contribution is 6.13. The fourth-order valence-electron chi connectivity index (χ4n) is 6.76. The minimum atomic E-state index is -0.109. The van der Waals surface area contributed by atoms with Crippen molar-refractivity contribution in [2.24, 2.45) is 11.8 Å². The molecule has 38 heavy (non-hydrogen) atoms. The number of aromatic nitrogens is 3. The van der Waals surface area contributed by atoms with E-state index in [1.807, 2.05) is 0 Å². The third-order valence-electron chi connectivity index (χ3n) is 9.71. The van der Waals surface area contributed by atoms with E-state index in [0.29, 0.717) is 11.8 Å². The van der Waals surface area contributed by atoms with Crippen molar-refractivity contribution in [3.05, 3.63) is 77.7 Å². The lowest BCUT2D eigenvalue weighted by atomic mass is 9.66. The standard InChI is InChI=1S/C35H42N3/c1-9-23(4)18-25-20-36-19-24(17-22(2)3)31(25)30-21-37-33-32-27(26-13-10-11-16-29(26)38(30)33)14-12-15-28(32)34(5,6)35(37,7)8/h10-16,19-23H,9,17-18H2,1-8H3/q+1. The van der Waals surface area contributed by atoms with E-state index in [4.69, 9.17) is 4.98 Å². The van der Waals surface area contributed by atoms with Crippen molar-refractivity contribution in [2.45, 2.75) is 85.6 Å². The molecule has 1 unspecified atom stereocenters. The molecule has 0 N–H and O–H groups in total. The van der Waals surface area contributed by atoms with Crippen LogP contribution in [0.4, 0.5) is 0 Å². The first-order valence-electron chi connectivity index (χ1n) is 14.5. The normalized spacial score (nSPS) is 16.8. The molecule has 0 spiro atoms. The van der Waals surface area contributed by atoms with Gasteiger partial charge in [-0.05, 0) is 61.3 Å². The molecule has 0 fully saturated rings. The lowest BCUT2D eigenvalue weighted by Gasteiger charge is -2.42. The van der Waals surface area contributed by atoms with Crippen LogP contribution in [-0.2, 0) is 23.8 Å². The lowest BCUT2D eigenvalue weighted by molar-refractivity contribution is -0.744. The highest BCUT2D eigenvalue weighted by Crippen LogP contribution is 2.48. The van der Waals surface area contributed by atoms with Gasteiger partial charge >= 0.3 is 0 Å². The molecule has 4 heterocycles. The molecule has 6 rings (SSSR count). The predicted molar refractivity (Wildman–Crippen MR) is 160 cm³/mol. The molecule has 0 aliphatic carbocycles. The quantitative estimate of drug-likeness (QED) is 0.168. The van der Waals surface area contributed by atoms with Crippen LogP contribution in [0.5, 0.6) is 0 Å². The largest absolute Gasteiger partial charge is 0.296 e. The van der Waals surface area contributed by atoms with Gasteiger partial charge in [0, 0.05) is 34.1 Å². The molecule has 0 amide bonds. The maximum atomic E-state index is 4.78. The van der Waals surface area contributed by atoms with E-state index < -0.39 is 0 Å². The van der Waals surface area contributed by atoms with Crippen molar-refractivity contribution < 1.29 is 4.57 Å². The second kappa shape index (κ2) is 8.66. The first-order valence-corrected chi connectivity index (χ1v) is 14.5.